The van der Waals surface area contributed by atoms with Crippen LogP contribution in [0.25, 0.3) is 0 Å². The summed E-state index contributed by atoms with van der Waals surface area (Å²) in [5, 5.41) is 3.32. The van der Waals surface area contributed by atoms with Gasteiger partial charge in [0.25, 0.3) is 0 Å². The third-order valence-corrected chi connectivity index (χ3v) is 3.78. The number of rotatable bonds is 5. The van der Waals surface area contributed by atoms with Gasteiger partial charge in [-0.25, -0.2) is 0 Å². The molecular weight excluding hydrogens is 222 g/mol. The molecular formula is C15H25N3. The quantitative estimate of drug-likeness (QED) is 0.839. The molecule has 1 N–H and O–H groups in total. The van der Waals surface area contributed by atoms with Crippen LogP contribution in [0.4, 0.5) is 0 Å². The SMILES string of the molecule is CNCC1CN(C)CCN1CCc1ccccc1. The van der Waals surface area contributed by atoms with Crippen LogP contribution < -0.4 is 5.32 Å². The van der Waals surface area contributed by atoms with Gasteiger partial charge in [0, 0.05) is 38.8 Å². The van der Waals surface area contributed by atoms with E-state index in [1.54, 1.807) is 0 Å². The third-order valence-electron chi connectivity index (χ3n) is 3.78. The fraction of sp³-hybridized carbons (Fsp3) is 0.600. The Hall–Kier alpha value is -0.900. The molecule has 0 bridgehead atoms. The molecule has 1 aliphatic rings. The number of likely N-dealkylation sites (N-methyl/N-ethyl adjacent to an activating group) is 2. The first-order valence-corrected chi connectivity index (χ1v) is 6.90. The summed E-state index contributed by atoms with van der Waals surface area (Å²) in [6.07, 6.45) is 1.16. The summed E-state index contributed by atoms with van der Waals surface area (Å²) in [4.78, 5) is 5.06. The normalized spacial score (nSPS) is 22.2. The van der Waals surface area contributed by atoms with Gasteiger partial charge in [0.15, 0.2) is 0 Å². The van der Waals surface area contributed by atoms with Crippen LogP contribution in [0.15, 0.2) is 30.3 Å². The first-order chi connectivity index (χ1) is 8.79. The van der Waals surface area contributed by atoms with E-state index in [1.165, 1.54) is 31.7 Å². The van der Waals surface area contributed by atoms with Gasteiger partial charge < -0.3 is 10.2 Å². The van der Waals surface area contributed by atoms with Crippen molar-refractivity contribution in [3.05, 3.63) is 35.9 Å². The predicted molar refractivity (Wildman–Crippen MR) is 76.9 cm³/mol. The molecule has 0 aromatic heterocycles. The lowest BCUT2D eigenvalue weighted by Crippen LogP contribution is -2.55. The minimum Gasteiger partial charge on any atom is -0.318 e. The molecule has 1 unspecified atom stereocenters. The van der Waals surface area contributed by atoms with Crippen LogP contribution in [0.5, 0.6) is 0 Å². The molecule has 0 saturated carbocycles. The highest BCUT2D eigenvalue weighted by atomic mass is 15.3. The highest BCUT2D eigenvalue weighted by Gasteiger charge is 2.23. The Labute approximate surface area is 111 Å². The average molecular weight is 247 g/mol. The molecule has 0 radical (unpaired) electrons. The van der Waals surface area contributed by atoms with Crippen LogP contribution in [0.1, 0.15) is 5.56 Å². The summed E-state index contributed by atoms with van der Waals surface area (Å²) in [5.41, 5.74) is 1.44. The van der Waals surface area contributed by atoms with Gasteiger partial charge >= 0.3 is 0 Å². The number of nitrogens with zero attached hydrogens (tertiary/aromatic N) is 2. The van der Waals surface area contributed by atoms with Gasteiger partial charge in [-0.15, -0.1) is 0 Å². The molecule has 2 rings (SSSR count). The molecule has 100 valence electrons. The maximum absolute atomic E-state index is 3.32. The van der Waals surface area contributed by atoms with E-state index in [0.717, 1.165) is 13.0 Å². The van der Waals surface area contributed by atoms with E-state index < -0.39 is 0 Å². The zero-order chi connectivity index (χ0) is 12.8. The van der Waals surface area contributed by atoms with Crippen LogP contribution >= 0.6 is 0 Å². The molecule has 18 heavy (non-hydrogen) atoms. The van der Waals surface area contributed by atoms with Crippen molar-refractivity contribution in [2.45, 2.75) is 12.5 Å². The average Bonchev–Trinajstić information content (AvgIpc) is 2.39. The number of nitrogens with one attached hydrogen (secondary N) is 1. The molecule has 1 aliphatic heterocycles. The summed E-state index contributed by atoms with van der Waals surface area (Å²) in [6, 6.07) is 11.4. The van der Waals surface area contributed by atoms with Gasteiger partial charge in [-0.3, -0.25) is 4.90 Å². The molecule has 0 spiro atoms. The zero-order valence-electron chi connectivity index (χ0n) is 11.6. The predicted octanol–water partition coefficient (Wildman–Crippen LogP) is 1.06. The second-order valence-electron chi connectivity index (χ2n) is 5.25. The second-order valence-corrected chi connectivity index (χ2v) is 5.25. The Morgan fingerprint density at radius 1 is 1.22 bits per heavy atom. The monoisotopic (exact) mass is 247 g/mol. The number of hydrogen-bond acceptors (Lipinski definition) is 3. The molecule has 1 aromatic rings. The van der Waals surface area contributed by atoms with Crippen molar-refractivity contribution < 1.29 is 0 Å². The lowest BCUT2D eigenvalue weighted by atomic mass is 10.1. The minimum absolute atomic E-state index is 0.650. The van der Waals surface area contributed by atoms with Crippen molar-refractivity contribution in [2.24, 2.45) is 0 Å². The number of benzene rings is 1. The van der Waals surface area contributed by atoms with E-state index in [-0.39, 0.29) is 0 Å². The standard InChI is InChI=1S/C15H25N3/c1-16-12-15-13-17(2)10-11-18(15)9-8-14-6-4-3-5-7-14/h3-7,15-16H,8-13H2,1-2H3. The molecule has 3 nitrogen and oxygen atoms in total. The molecule has 1 fully saturated rings. The topological polar surface area (TPSA) is 18.5 Å². The molecule has 1 saturated heterocycles. The van der Waals surface area contributed by atoms with Crippen molar-refractivity contribution in [3.63, 3.8) is 0 Å². The van der Waals surface area contributed by atoms with Gasteiger partial charge in [0.2, 0.25) is 0 Å². The summed E-state index contributed by atoms with van der Waals surface area (Å²) in [6.45, 7) is 5.81. The van der Waals surface area contributed by atoms with Crippen molar-refractivity contribution in [1.82, 2.24) is 15.1 Å². The largest absolute Gasteiger partial charge is 0.318 e. The van der Waals surface area contributed by atoms with E-state index in [0.29, 0.717) is 6.04 Å². The van der Waals surface area contributed by atoms with Crippen LogP contribution in [0, 0.1) is 0 Å². The van der Waals surface area contributed by atoms with Gasteiger partial charge in [-0.05, 0) is 26.1 Å². The Morgan fingerprint density at radius 3 is 2.72 bits per heavy atom. The van der Waals surface area contributed by atoms with Crippen LogP contribution in [0.3, 0.4) is 0 Å². The van der Waals surface area contributed by atoms with Crippen molar-refractivity contribution in [2.75, 3.05) is 46.8 Å². The fourth-order valence-electron chi connectivity index (χ4n) is 2.69. The highest BCUT2D eigenvalue weighted by molar-refractivity contribution is 5.14. The van der Waals surface area contributed by atoms with Crippen LogP contribution in [-0.4, -0.2) is 62.7 Å². The van der Waals surface area contributed by atoms with Gasteiger partial charge in [-0.2, -0.15) is 0 Å². The van der Waals surface area contributed by atoms with Crippen molar-refractivity contribution >= 4 is 0 Å². The van der Waals surface area contributed by atoms with Crippen LogP contribution in [-0.2, 0) is 6.42 Å². The minimum atomic E-state index is 0.650. The fourth-order valence-corrected chi connectivity index (χ4v) is 2.69. The van der Waals surface area contributed by atoms with Crippen molar-refractivity contribution in [1.29, 1.82) is 0 Å². The Balaban J connectivity index is 1.86. The Kier molecular flexibility index (Phi) is 5.17. The second kappa shape index (κ2) is 6.88. The van der Waals surface area contributed by atoms with Crippen molar-refractivity contribution in [3.8, 4) is 0 Å². The first kappa shape index (κ1) is 13.5. The molecule has 0 amide bonds. The third kappa shape index (κ3) is 3.80. The summed E-state index contributed by atoms with van der Waals surface area (Å²) in [5.74, 6) is 0. The molecule has 3 heteroatoms. The zero-order valence-corrected chi connectivity index (χ0v) is 11.6. The van der Waals surface area contributed by atoms with Gasteiger partial charge in [0.05, 0.1) is 0 Å². The Morgan fingerprint density at radius 2 is 2.00 bits per heavy atom. The number of hydrogen-bond donors (Lipinski definition) is 1. The van der Waals surface area contributed by atoms with E-state index >= 15 is 0 Å². The molecule has 1 heterocycles. The maximum atomic E-state index is 3.32. The Bertz CT molecular complexity index is 339. The lowest BCUT2D eigenvalue weighted by Gasteiger charge is -2.40. The van der Waals surface area contributed by atoms with Crippen LogP contribution in [0.2, 0.25) is 0 Å². The summed E-state index contributed by atoms with van der Waals surface area (Å²) >= 11 is 0. The molecule has 1 aromatic carbocycles. The first-order valence-electron chi connectivity index (χ1n) is 6.90. The van der Waals surface area contributed by atoms with E-state index in [4.69, 9.17) is 0 Å². The van der Waals surface area contributed by atoms with E-state index in [9.17, 15) is 0 Å². The summed E-state index contributed by atoms with van der Waals surface area (Å²) < 4.78 is 0. The summed E-state index contributed by atoms with van der Waals surface area (Å²) in [7, 11) is 4.27. The van der Waals surface area contributed by atoms with Gasteiger partial charge in [-0.1, -0.05) is 30.3 Å². The number of piperazine rings is 1. The lowest BCUT2D eigenvalue weighted by molar-refractivity contribution is 0.0915. The molecule has 1 atom stereocenters. The smallest absolute Gasteiger partial charge is 0.0348 e. The highest BCUT2D eigenvalue weighted by Crippen LogP contribution is 2.09. The van der Waals surface area contributed by atoms with Gasteiger partial charge in [0.1, 0.15) is 0 Å². The maximum Gasteiger partial charge on any atom is 0.0348 e. The van der Waals surface area contributed by atoms with E-state index in [2.05, 4.69) is 52.5 Å². The molecule has 0 aliphatic carbocycles. The van der Waals surface area contributed by atoms with E-state index in [1.807, 2.05) is 7.05 Å².